The molecule has 0 heterocycles. The Hall–Kier alpha value is -2.06. The van der Waals surface area contributed by atoms with Crippen LogP contribution >= 0.6 is 0 Å². The molecule has 0 unspecified atom stereocenters. The first-order valence-electron chi connectivity index (χ1n) is 4.98. The van der Waals surface area contributed by atoms with Crippen LogP contribution in [0.4, 0.5) is 26.3 Å². The van der Waals surface area contributed by atoms with Gasteiger partial charge >= 0.3 is 24.3 Å². The van der Waals surface area contributed by atoms with Gasteiger partial charge in [0.05, 0.1) is 5.56 Å². The number of alkyl halides is 6. The standard InChI is InChI=1S/C11H6F6O3/c12-10(13,14)7(11(15,16)17)9(19)20-8(18)6-4-2-1-3-5-6/h1-5,7H. The third kappa shape index (κ3) is 3.97. The van der Waals surface area contributed by atoms with Gasteiger partial charge in [0, 0.05) is 0 Å². The second-order valence-corrected chi connectivity index (χ2v) is 3.59. The van der Waals surface area contributed by atoms with Crippen molar-refractivity contribution < 1.29 is 40.7 Å². The van der Waals surface area contributed by atoms with E-state index in [4.69, 9.17) is 0 Å². The molecule has 0 aromatic heterocycles. The molecule has 0 saturated heterocycles. The molecule has 0 saturated carbocycles. The van der Waals surface area contributed by atoms with E-state index >= 15 is 0 Å². The van der Waals surface area contributed by atoms with Crippen LogP contribution in [0.5, 0.6) is 0 Å². The van der Waals surface area contributed by atoms with E-state index in [-0.39, 0.29) is 5.56 Å². The summed E-state index contributed by atoms with van der Waals surface area (Å²) in [5, 5.41) is 0. The number of ether oxygens (including phenoxy) is 1. The number of esters is 2. The van der Waals surface area contributed by atoms with Crippen LogP contribution < -0.4 is 0 Å². The van der Waals surface area contributed by atoms with Crippen molar-refractivity contribution in [2.24, 2.45) is 5.92 Å². The molecule has 0 aliphatic rings. The fourth-order valence-electron chi connectivity index (χ4n) is 1.24. The Bertz CT molecular complexity index is 477. The first-order chi connectivity index (χ1) is 9.03. The van der Waals surface area contributed by atoms with Crippen LogP contribution in [0.15, 0.2) is 30.3 Å². The summed E-state index contributed by atoms with van der Waals surface area (Å²) in [7, 11) is 0. The van der Waals surface area contributed by atoms with Crippen LogP contribution in [-0.4, -0.2) is 24.3 Å². The van der Waals surface area contributed by atoms with E-state index in [0.717, 1.165) is 12.1 Å². The zero-order valence-electron chi connectivity index (χ0n) is 9.46. The Kier molecular flexibility index (Phi) is 4.41. The zero-order chi connectivity index (χ0) is 15.6. The summed E-state index contributed by atoms with van der Waals surface area (Å²) in [6.45, 7) is 0. The fraction of sp³-hybridized carbons (Fsp3) is 0.273. The van der Waals surface area contributed by atoms with Gasteiger partial charge in [-0.2, -0.15) is 26.3 Å². The van der Waals surface area contributed by atoms with E-state index in [2.05, 4.69) is 4.74 Å². The van der Waals surface area contributed by atoms with Crippen LogP contribution in [0.2, 0.25) is 0 Å². The fourth-order valence-corrected chi connectivity index (χ4v) is 1.24. The minimum absolute atomic E-state index is 0.344. The Labute approximate surface area is 108 Å². The summed E-state index contributed by atoms with van der Waals surface area (Å²) >= 11 is 0. The predicted molar refractivity (Wildman–Crippen MR) is 52.5 cm³/mol. The highest BCUT2D eigenvalue weighted by atomic mass is 19.4. The molecule has 0 fully saturated rings. The maximum Gasteiger partial charge on any atom is 0.411 e. The van der Waals surface area contributed by atoms with Crippen LogP contribution in [0.25, 0.3) is 0 Å². The largest absolute Gasteiger partial charge is 0.411 e. The van der Waals surface area contributed by atoms with Crippen molar-refractivity contribution in [2.45, 2.75) is 12.4 Å². The van der Waals surface area contributed by atoms with Gasteiger partial charge in [0.15, 0.2) is 0 Å². The number of carbonyl (C=O) groups excluding carboxylic acids is 2. The third-order valence-corrected chi connectivity index (χ3v) is 2.09. The second-order valence-electron chi connectivity index (χ2n) is 3.59. The highest BCUT2D eigenvalue weighted by Gasteiger charge is 2.62. The summed E-state index contributed by atoms with van der Waals surface area (Å²) < 4.78 is 76.8. The summed E-state index contributed by atoms with van der Waals surface area (Å²) in [5.41, 5.74) is -0.344. The van der Waals surface area contributed by atoms with E-state index in [1.54, 1.807) is 0 Å². The van der Waals surface area contributed by atoms with Crippen molar-refractivity contribution in [3.05, 3.63) is 35.9 Å². The topological polar surface area (TPSA) is 43.4 Å². The number of rotatable bonds is 2. The molecular formula is C11H6F6O3. The van der Waals surface area contributed by atoms with Crippen LogP contribution in [0, 0.1) is 5.92 Å². The van der Waals surface area contributed by atoms with E-state index in [0.29, 0.717) is 0 Å². The van der Waals surface area contributed by atoms with Crippen LogP contribution in [-0.2, 0) is 9.53 Å². The third-order valence-electron chi connectivity index (χ3n) is 2.09. The molecule has 0 N–H and O–H groups in total. The smallest absolute Gasteiger partial charge is 0.389 e. The SMILES string of the molecule is O=C(OC(=O)C(C(F)(F)F)C(F)(F)F)c1ccccc1. The lowest BCUT2D eigenvalue weighted by molar-refractivity contribution is -0.279. The Morgan fingerprint density at radius 2 is 1.35 bits per heavy atom. The monoisotopic (exact) mass is 300 g/mol. The number of benzene rings is 1. The van der Waals surface area contributed by atoms with E-state index in [1.165, 1.54) is 18.2 Å². The average molecular weight is 300 g/mol. The highest BCUT2D eigenvalue weighted by molar-refractivity contribution is 5.97. The van der Waals surface area contributed by atoms with Crippen LogP contribution in [0.3, 0.4) is 0 Å². The molecule has 0 bridgehead atoms. The van der Waals surface area contributed by atoms with Gasteiger partial charge < -0.3 is 4.74 Å². The van der Waals surface area contributed by atoms with E-state index in [1.807, 2.05) is 0 Å². The predicted octanol–water partition coefficient (Wildman–Crippen LogP) is 3.11. The summed E-state index contributed by atoms with van der Waals surface area (Å²) in [6, 6.07) is 6.20. The lowest BCUT2D eigenvalue weighted by Gasteiger charge is -2.20. The lowest BCUT2D eigenvalue weighted by atomic mass is 10.1. The van der Waals surface area contributed by atoms with Gasteiger partial charge in [-0.05, 0) is 12.1 Å². The van der Waals surface area contributed by atoms with Gasteiger partial charge in [-0.1, -0.05) is 18.2 Å². The maximum absolute atomic E-state index is 12.2. The minimum atomic E-state index is -5.90. The first-order valence-corrected chi connectivity index (χ1v) is 4.98. The normalized spacial score (nSPS) is 12.3. The molecule has 110 valence electrons. The van der Waals surface area contributed by atoms with Crippen molar-refractivity contribution in [3.8, 4) is 0 Å². The number of hydrogen-bond acceptors (Lipinski definition) is 3. The summed E-state index contributed by atoms with van der Waals surface area (Å²) in [4.78, 5) is 22.2. The van der Waals surface area contributed by atoms with Gasteiger partial charge in [-0.25, -0.2) is 4.79 Å². The van der Waals surface area contributed by atoms with Gasteiger partial charge in [-0.3, -0.25) is 4.79 Å². The molecule has 1 aromatic rings. The average Bonchev–Trinajstić information content (AvgIpc) is 2.25. The molecule has 0 spiro atoms. The van der Waals surface area contributed by atoms with Crippen molar-refractivity contribution in [2.75, 3.05) is 0 Å². The second kappa shape index (κ2) is 5.51. The number of hydrogen-bond donors (Lipinski definition) is 0. The van der Waals surface area contributed by atoms with Gasteiger partial charge in [-0.15, -0.1) is 0 Å². The van der Waals surface area contributed by atoms with E-state index < -0.39 is 30.2 Å². The summed E-state index contributed by atoms with van der Waals surface area (Å²) in [5.74, 6) is -8.66. The zero-order valence-corrected chi connectivity index (χ0v) is 9.46. The molecular weight excluding hydrogens is 294 g/mol. The van der Waals surface area contributed by atoms with Crippen molar-refractivity contribution >= 4 is 11.9 Å². The van der Waals surface area contributed by atoms with Gasteiger partial charge in [0.25, 0.3) is 0 Å². The van der Waals surface area contributed by atoms with Crippen molar-refractivity contribution in [3.63, 3.8) is 0 Å². The molecule has 3 nitrogen and oxygen atoms in total. The Morgan fingerprint density at radius 1 is 0.900 bits per heavy atom. The van der Waals surface area contributed by atoms with Crippen LogP contribution in [0.1, 0.15) is 10.4 Å². The Morgan fingerprint density at radius 3 is 1.75 bits per heavy atom. The molecule has 0 radical (unpaired) electrons. The van der Waals surface area contributed by atoms with Crippen molar-refractivity contribution in [1.29, 1.82) is 0 Å². The molecule has 1 rings (SSSR count). The molecule has 1 aromatic carbocycles. The molecule has 0 aliphatic carbocycles. The Balaban J connectivity index is 2.91. The lowest BCUT2D eigenvalue weighted by Crippen LogP contribution is -2.43. The van der Waals surface area contributed by atoms with E-state index in [9.17, 15) is 35.9 Å². The van der Waals surface area contributed by atoms with Gasteiger partial charge in [0.1, 0.15) is 0 Å². The van der Waals surface area contributed by atoms with Gasteiger partial charge in [0.2, 0.25) is 5.92 Å². The van der Waals surface area contributed by atoms with Crippen molar-refractivity contribution in [1.82, 2.24) is 0 Å². The number of halogens is 6. The molecule has 0 atom stereocenters. The first kappa shape index (κ1) is 16.0. The molecule has 20 heavy (non-hydrogen) atoms. The minimum Gasteiger partial charge on any atom is -0.389 e. The molecule has 9 heteroatoms. The highest BCUT2D eigenvalue weighted by Crippen LogP contribution is 2.40. The quantitative estimate of drug-likeness (QED) is 0.479. The number of carbonyl (C=O) groups is 2. The summed E-state index contributed by atoms with van der Waals surface area (Å²) in [6.07, 6.45) is -11.8. The molecule has 0 amide bonds. The maximum atomic E-state index is 12.2. The molecule has 0 aliphatic heterocycles.